The van der Waals surface area contributed by atoms with E-state index in [0.717, 1.165) is 0 Å². The quantitative estimate of drug-likeness (QED) is 0.577. The number of methoxy groups -OCH3 is 1. The molecule has 0 aliphatic carbocycles. The lowest BCUT2D eigenvalue weighted by atomic mass is 10.2. The maximum absolute atomic E-state index is 11.2. The van der Waals surface area contributed by atoms with Gasteiger partial charge in [0, 0.05) is 0 Å². The average Bonchev–Trinajstić information content (AvgIpc) is 2.14. The molecule has 13 heavy (non-hydrogen) atoms. The number of carbonyl (C=O) groups excluding carboxylic acids is 2. The van der Waals surface area contributed by atoms with Crippen LogP contribution in [0, 0.1) is 0 Å². The predicted molar refractivity (Wildman–Crippen MR) is 47.9 cm³/mol. The Bertz CT molecular complexity index is 194. The van der Waals surface area contributed by atoms with E-state index in [1.807, 2.05) is 0 Å². The van der Waals surface area contributed by atoms with Crippen molar-refractivity contribution in [2.75, 3.05) is 7.11 Å². The second kappa shape index (κ2) is 5.53. The van der Waals surface area contributed by atoms with Crippen LogP contribution in [0.1, 0.15) is 20.3 Å². The number of carbonyl (C=O) groups is 2. The molecule has 1 amide bonds. The van der Waals surface area contributed by atoms with Gasteiger partial charge >= 0.3 is 5.97 Å². The maximum atomic E-state index is 11.2. The van der Waals surface area contributed by atoms with E-state index in [9.17, 15) is 9.59 Å². The molecule has 0 unspecified atom stereocenters. The molecule has 5 nitrogen and oxygen atoms in total. The molecule has 0 aliphatic rings. The fourth-order valence-corrected chi connectivity index (χ4v) is 0.742. The Kier molecular flexibility index (Phi) is 5.06. The van der Waals surface area contributed by atoms with Gasteiger partial charge in [-0.05, 0) is 13.3 Å². The molecule has 0 heterocycles. The molecule has 2 atom stereocenters. The Morgan fingerprint density at radius 2 is 2.08 bits per heavy atom. The summed E-state index contributed by atoms with van der Waals surface area (Å²) < 4.78 is 4.43. The first-order chi connectivity index (χ1) is 6.02. The van der Waals surface area contributed by atoms with Crippen molar-refractivity contribution >= 4 is 11.9 Å². The van der Waals surface area contributed by atoms with Gasteiger partial charge in [-0.3, -0.25) is 4.79 Å². The second-order valence-electron chi connectivity index (χ2n) is 2.77. The van der Waals surface area contributed by atoms with E-state index in [0.29, 0.717) is 6.42 Å². The van der Waals surface area contributed by atoms with Gasteiger partial charge in [-0.2, -0.15) is 0 Å². The minimum absolute atomic E-state index is 0.333. The molecular weight excluding hydrogens is 172 g/mol. The molecular formula is C8H16N2O3. The summed E-state index contributed by atoms with van der Waals surface area (Å²) in [6.45, 7) is 3.35. The Hall–Kier alpha value is -1.10. The SMILES string of the molecule is CC[C@H](N)C(=O)N[C@@H](C)C(=O)OC. The maximum Gasteiger partial charge on any atom is 0.328 e. The van der Waals surface area contributed by atoms with Crippen molar-refractivity contribution in [3.63, 3.8) is 0 Å². The highest BCUT2D eigenvalue weighted by atomic mass is 16.5. The van der Waals surface area contributed by atoms with Crippen molar-refractivity contribution in [2.45, 2.75) is 32.4 Å². The fourth-order valence-electron chi connectivity index (χ4n) is 0.742. The highest BCUT2D eigenvalue weighted by Crippen LogP contribution is 1.90. The molecule has 0 aromatic heterocycles. The van der Waals surface area contributed by atoms with Crippen LogP contribution < -0.4 is 11.1 Å². The highest BCUT2D eigenvalue weighted by molar-refractivity contribution is 5.87. The normalized spacial score (nSPS) is 14.5. The van der Waals surface area contributed by atoms with Crippen LogP contribution in [0.2, 0.25) is 0 Å². The van der Waals surface area contributed by atoms with Crippen molar-refractivity contribution in [1.82, 2.24) is 5.32 Å². The van der Waals surface area contributed by atoms with Crippen LogP contribution in [0.25, 0.3) is 0 Å². The molecule has 0 rings (SSSR count). The lowest BCUT2D eigenvalue weighted by Gasteiger charge is -2.14. The van der Waals surface area contributed by atoms with Crippen molar-refractivity contribution in [1.29, 1.82) is 0 Å². The summed E-state index contributed by atoms with van der Waals surface area (Å²) in [5.74, 6) is -0.808. The number of rotatable bonds is 4. The Labute approximate surface area is 77.6 Å². The molecule has 0 aliphatic heterocycles. The molecule has 0 fully saturated rings. The topological polar surface area (TPSA) is 81.4 Å². The number of hydrogen-bond donors (Lipinski definition) is 2. The van der Waals surface area contributed by atoms with E-state index < -0.39 is 18.1 Å². The van der Waals surface area contributed by atoms with E-state index in [2.05, 4.69) is 10.1 Å². The summed E-state index contributed by atoms with van der Waals surface area (Å²) >= 11 is 0. The molecule has 5 heteroatoms. The number of nitrogens with one attached hydrogen (secondary N) is 1. The minimum Gasteiger partial charge on any atom is -0.467 e. The smallest absolute Gasteiger partial charge is 0.328 e. The average molecular weight is 188 g/mol. The van der Waals surface area contributed by atoms with E-state index in [1.54, 1.807) is 13.8 Å². The molecule has 0 saturated heterocycles. The summed E-state index contributed by atoms with van der Waals surface area (Å²) in [4.78, 5) is 22.0. The van der Waals surface area contributed by atoms with Gasteiger partial charge in [-0.1, -0.05) is 6.92 Å². The Balaban J connectivity index is 3.98. The van der Waals surface area contributed by atoms with Crippen molar-refractivity contribution < 1.29 is 14.3 Å². The molecule has 76 valence electrons. The molecule has 0 saturated carbocycles. The van der Waals surface area contributed by atoms with E-state index in [1.165, 1.54) is 7.11 Å². The molecule has 0 aromatic rings. The zero-order valence-electron chi connectivity index (χ0n) is 8.16. The van der Waals surface area contributed by atoms with Crippen LogP contribution >= 0.6 is 0 Å². The number of nitrogens with two attached hydrogens (primary N) is 1. The third-order valence-corrected chi connectivity index (χ3v) is 1.69. The van der Waals surface area contributed by atoms with E-state index in [-0.39, 0.29) is 5.91 Å². The first-order valence-corrected chi connectivity index (χ1v) is 4.16. The molecule has 0 spiro atoms. The third-order valence-electron chi connectivity index (χ3n) is 1.69. The van der Waals surface area contributed by atoms with Crippen LogP contribution in [0.3, 0.4) is 0 Å². The summed E-state index contributed by atoms with van der Waals surface area (Å²) in [5.41, 5.74) is 5.44. The highest BCUT2D eigenvalue weighted by Gasteiger charge is 2.18. The van der Waals surface area contributed by atoms with Crippen LogP contribution in [-0.2, 0) is 14.3 Å². The van der Waals surface area contributed by atoms with Gasteiger partial charge < -0.3 is 15.8 Å². The van der Waals surface area contributed by atoms with Gasteiger partial charge in [0.05, 0.1) is 13.2 Å². The van der Waals surface area contributed by atoms with Gasteiger partial charge in [0.2, 0.25) is 5.91 Å². The van der Waals surface area contributed by atoms with Gasteiger partial charge in [0.15, 0.2) is 0 Å². The van der Waals surface area contributed by atoms with Gasteiger partial charge in [-0.15, -0.1) is 0 Å². The van der Waals surface area contributed by atoms with Crippen LogP contribution in [0.5, 0.6) is 0 Å². The summed E-state index contributed by atoms with van der Waals surface area (Å²) in [7, 11) is 1.27. The van der Waals surface area contributed by atoms with Gasteiger partial charge in [0.1, 0.15) is 6.04 Å². The Morgan fingerprint density at radius 3 is 2.46 bits per heavy atom. The van der Waals surface area contributed by atoms with Crippen molar-refractivity contribution in [2.24, 2.45) is 5.73 Å². The van der Waals surface area contributed by atoms with Crippen LogP contribution in [0.15, 0.2) is 0 Å². The molecule has 0 radical (unpaired) electrons. The zero-order valence-corrected chi connectivity index (χ0v) is 8.16. The van der Waals surface area contributed by atoms with Crippen molar-refractivity contribution in [3.05, 3.63) is 0 Å². The lowest BCUT2D eigenvalue weighted by molar-refractivity contribution is -0.144. The van der Waals surface area contributed by atoms with Gasteiger partial charge in [-0.25, -0.2) is 4.79 Å². The van der Waals surface area contributed by atoms with Gasteiger partial charge in [0.25, 0.3) is 0 Å². The fraction of sp³-hybridized carbons (Fsp3) is 0.750. The minimum atomic E-state index is -0.643. The van der Waals surface area contributed by atoms with E-state index >= 15 is 0 Å². The summed E-state index contributed by atoms with van der Waals surface area (Å²) in [6, 6.07) is -1.21. The second-order valence-corrected chi connectivity index (χ2v) is 2.77. The summed E-state index contributed by atoms with van der Waals surface area (Å²) in [6.07, 6.45) is 0.541. The zero-order chi connectivity index (χ0) is 10.4. The number of esters is 1. The first kappa shape index (κ1) is 11.9. The molecule has 0 bridgehead atoms. The third kappa shape index (κ3) is 3.89. The number of hydrogen-bond acceptors (Lipinski definition) is 4. The lowest BCUT2D eigenvalue weighted by Crippen LogP contribution is -2.47. The molecule has 3 N–H and O–H groups in total. The first-order valence-electron chi connectivity index (χ1n) is 4.16. The van der Waals surface area contributed by atoms with Crippen molar-refractivity contribution in [3.8, 4) is 0 Å². The largest absolute Gasteiger partial charge is 0.467 e. The number of ether oxygens (including phenoxy) is 1. The predicted octanol–water partition coefficient (Wildman–Crippen LogP) is -0.599. The molecule has 0 aromatic carbocycles. The number of amides is 1. The standard InChI is InChI=1S/C8H16N2O3/c1-4-6(9)7(11)10-5(2)8(12)13-3/h5-6H,4,9H2,1-3H3,(H,10,11)/t5-,6-/m0/s1. The van der Waals surface area contributed by atoms with E-state index in [4.69, 9.17) is 5.73 Å². The monoisotopic (exact) mass is 188 g/mol. The van der Waals surface area contributed by atoms with Crippen LogP contribution in [-0.4, -0.2) is 31.1 Å². The summed E-state index contributed by atoms with van der Waals surface area (Å²) in [5, 5.41) is 2.44. The Morgan fingerprint density at radius 1 is 1.54 bits per heavy atom. The van der Waals surface area contributed by atoms with Crippen LogP contribution in [0.4, 0.5) is 0 Å².